The van der Waals surface area contributed by atoms with Gasteiger partial charge in [0.05, 0.1) is 13.2 Å². The molecule has 1 aromatic rings. The van der Waals surface area contributed by atoms with Crippen LogP contribution in [0.15, 0.2) is 24.3 Å². The largest absolute Gasteiger partial charge is 0.497 e. The molecule has 0 spiro atoms. The number of methoxy groups -OCH3 is 1. The summed E-state index contributed by atoms with van der Waals surface area (Å²) in [6.07, 6.45) is -0.0323. The van der Waals surface area contributed by atoms with E-state index in [1.54, 1.807) is 7.11 Å². The highest BCUT2D eigenvalue weighted by molar-refractivity contribution is 5.30. The molecule has 0 saturated heterocycles. The van der Waals surface area contributed by atoms with E-state index in [4.69, 9.17) is 15.2 Å². The lowest BCUT2D eigenvalue weighted by Crippen LogP contribution is -2.15. The molecule has 0 fully saturated rings. The highest BCUT2D eigenvalue weighted by atomic mass is 16.5. The quantitative estimate of drug-likeness (QED) is 0.778. The van der Waals surface area contributed by atoms with Crippen molar-refractivity contribution in [1.82, 2.24) is 0 Å². The molecular formula is C11H17NO2. The number of rotatable bonds is 5. The minimum absolute atomic E-state index is 0.0323. The fourth-order valence-electron chi connectivity index (χ4n) is 1.34. The third kappa shape index (κ3) is 2.72. The summed E-state index contributed by atoms with van der Waals surface area (Å²) < 4.78 is 10.6. The standard InChI is InChI=1S/C11H17NO2/c1-3-14-11(8-12)9-5-4-6-10(7-9)13-2/h4-7,11H,3,8,12H2,1-2H3/t11-/m1/s1. The monoisotopic (exact) mass is 195 g/mol. The number of hydrogen-bond donors (Lipinski definition) is 1. The van der Waals surface area contributed by atoms with Gasteiger partial charge in [0.2, 0.25) is 0 Å². The second-order valence-corrected chi connectivity index (χ2v) is 2.96. The van der Waals surface area contributed by atoms with Crippen LogP contribution in [0.5, 0.6) is 5.75 Å². The first-order valence-corrected chi connectivity index (χ1v) is 4.77. The zero-order valence-electron chi connectivity index (χ0n) is 8.69. The van der Waals surface area contributed by atoms with Crippen LogP contribution >= 0.6 is 0 Å². The fraction of sp³-hybridized carbons (Fsp3) is 0.455. The number of nitrogens with two attached hydrogens (primary N) is 1. The van der Waals surface area contributed by atoms with Crippen LogP contribution in [0, 0.1) is 0 Å². The van der Waals surface area contributed by atoms with Gasteiger partial charge in [0.15, 0.2) is 0 Å². The molecule has 0 aromatic heterocycles. The van der Waals surface area contributed by atoms with Gasteiger partial charge in [0, 0.05) is 13.2 Å². The highest BCUT2D eigenvalue weighted by Gasteiger charge is 2.09. The zero-order chi connectivity index (χ0) is 10.4. The van der Waals surface area contributed by atoms with Crippen molar-refractivity contribution in [2.45, 2.75) is 13.0 Å². The Morgan fingerprint density at radius 3 is 2.79 bits per heavy atom. The average Bonchev–Trinajstić information content (AvgIpc) is 2.26. The van der Waals surface area contributed by atoms with Gasteiger partial charge in [0.1, 0.15) is 5.75 Å². The van der Waals surface area contributed by atoms with Crippen molar-refractivity contribution >= 4 is 0 Å². The maximum absolute atomic E-state index is 5.62. The van der Waals surface area contributed by atoms with E-state index in [0.717, 1.165) is 11.3 Å². The van der Waals surface area contributed by atoms with Crippen molar-refractivity contribution in [3.05, 3.63) is 29.8 Å². The summed E-state index contributed by atoms with van der Waals surface area (Å²) in [5.74, 6) is 0.834. The van der Waals surface area contributed by atoms with Crippen LogP contribution in [-0.4, -0.2) is 20.3 Å². The van der Waals surface area contributed by atoms with Gasteiger partial charge in [-0.25, -0.2) is 0 Å². The van der Waals surface area contributed by atoms with Gasteiger partial charge < -0.3 is 15.2 Å². The smallest absolute Gasteiger partial charge is 0.119 e. The Labute approximate surface area is 84.8 Å². The minimum Gasteiger partial charge on any atom is -0.497 e. The molecule has 1 rings (SSSR count). The molecule has 2 N–H and O–H groups in total. The molecule has 0 radical (unpaired) electrons. The summed E-state index contributed by atoms with van der Waals surface area (Å²) >= 11 is 0. The summed E-state index contributed by atoms with van der Waals surface area (Å²) in [7, 11) is 1.65. The molecule has 0 aliphatic heterocycles. The molecule has 78 valence electrons. The third-order valence-electron chi connectivity index (χ3n) is 2.05. The predicted octanol–water partition coefficient (Wildman–Crippen LogP) is 1.73. The number of hydrogen-bond acceptors (Lipinski definition) is 3. The van der Waals surface area contributed by atoms with Crippen LogP contribution in [-0.2, 0) is 4.74 Å². The molecule has 0 heterocycles. The molecule has 1 atom stereocenters. The number of benzene rings is 1. The zero-order valence-corrected chi connectivity index (χ0v) is 8.69. The van der Waals surface area contributed by atoms with Gasteiger partial charge in [0.25, 0.3) is 0 Å². The molecule has 0 aliphatic rings. The van der Waals surface area contributed by atoms with E-state index in [2.05, 4.69) is 0 Å². The van der Waals surface area contributed by atoms with Crippen LogP contribution in [0.25, 0.3) is 0 Å². The van der Waals surface area contributed by atoms with Gasteiger partial charge in [-0.15, -0.1) is 0 Å². The summed E-state index contributed by atoms with van der Waals surface area (Å²) in [6, 6.07) is 7.79. The molecule has 0 bridgehead atoms. The summed E-state index contributed by atoms with van der Waals surface area (Å²) in [5.41, 5.74) is 6.68. The minimum atomic E-state index is -0.0323. The Balaban J connectivity index is 2.80. The van der Waals surface area contributed by atoms with E-state index in [0.29, 0.717) is 13.2 Å². The van der Waals surface area contributed by atoms with E-state index in [-0.39, 0.29) is 6.10 Å². The Hall–Kier alpha value is -1.06. The van der Waals surface area contributed by atoms with Crippen LogP contribution in [0.4, 0.5) is 0 Å². The van der Waals surface area contributed by atoms with E-state index < -0.39 is 0 Å². The molecule has 0 amide bonds. The molecule has 3 heteroatoms. The SMILES string of the molecule is CCO[C@H](CN)c1cccc(OC)c1. The maximum atomic E-state index is 5.62. The first-order valence-electron chi connectivity index (χ1n) is 4.77. The number of ether oxygens (including phenoxy) is 2. The topological polar surface area (TPSA) is 44.5 Å². The molecule has 14 heavy (non-hydrogen) atoms. The maximum Gasteiger partial charge on any atom is 0.119 e. The van der Waals surface area contributed by atoms with Gasteiger partial charge >= 0.3 is 0 Å². The Bertz CT molecular complexity index is 276. The van der Waals surface area contributed by atoms with E-state index in [1.807, 2.05) is 31.2 Å². The van der Waals surface area contributed by atoms with Crippen LogP contribution in [0.3, 0.4) is 0 Å². The van der Waals surface area contributed by atoms with Gasteiger partial charge in [-0.05, 0) is 24.6 Å². The van der Waals surface area contributed by atoms with Crippen molar-refractivity contribution in [2.75, 3.05) is 20.3 Å². The summed E-state index contributed by atoms with van der Waals surface area (Å²) in [4.78, 5) is 0. The first kappa shape index (κ1) is 11.0. The molecule has 0 aliphatic carbocycles. The second kappa shape index (κ2) is 5.62. The molecule has 0 saturated carbocycles. The van der Waals surface area contributed by atoms with E-state index in [1.165, 1.54) is 0 Å². The predicted molar refractivity (Wildman–Crippen MR) is 56.4 cm³/mol. The van der Waals surface area contributed by atoms with Crippen molar-refractivity contribution in [1.29, 1.82) is 0 Å². The van der Waals surface area contributed by atoms with Crippen LogP contribution in [0.1, 0.15) is 18.6 Å². The van der Waals surface area contributed by atoms with E-state index in [9.17, 15) is 0 Å². The van der Waals surface area contributed by atoms with Crippen molar-refractivity contribution < 1.29 is 9.47 Å². The molecular weight excluding hydrogens is 178 g/mol. The lowest BCUT2D eigenvalue weighted by molar-refractivity contribution is 0.0687. The lowest BCUT2D eigenvalue weighted by Gasteiger charge is -2.15. The van der Waals surface area contributed by atoms with E-state index >= 15 is 0 Å². The highest BCUT2D eigenvalue weighted by Crippen LogP contribution is 2.20. The van der Waals surface area contributed by atoms with Crippen LogP contribution in [0.2, 0.25) is 0 Å². The van der Waals surface area contributed by atoms with Gasteiger partial charge in [-0.3, -0.25) is 0 Å². The lowest BCUT2D eigenvalue weighted by atomic mass is 10.1. The van der Waals surface area contributed by atoms with Crippen LogP contribution < -0.4 is 10.5 Å². The Kier molecular flexibility index (Phi) is 4.43. The first-order chi connectivity index (χ1) is 6.81. The van der Waals surface area contributed by atoms with Crippen molar-refractivity contribution in [3.8, 4) is 5.75 Å². The average molecular weight is 195 g/mol. The Morgan fingerprint density at radius 2 is 2.21 bits per heavy atom. The normalized spacial score (nSPS) is 12.5. The Morgan fingerprint density at radius 1 is 1.43 bits per heavy atom. The fourth-order valence-corrected chi connectivity index (χ4v) is 1.34. The van der Waals surface area contributed by atoms with Crippen molar-refractivity contribution in [3.63, 3.8) is 0 Å². The third-order valence-corrected chi connectivity index (χ3v) is 2.05. The molecule has 0 unspecified atom stereocenters. The second-order valence-electron chi connectivity index (χ2n) is 2.96. The van der Waals surface area contributed by atoms with Gasteiger partial charge in [-0.1, -0.05) is 12.1 Å². The molecule has 3 nitrogen and oxygen atoms in total. The van der Waals surface area contributed by atoms with Gasteiger partial charge in [-0.2, -0.15) is 0 Å². The summed E-state index contributed by atoms with van der Waals surface area (Å²) in [6.45, 7) is 3.11. The summed E-state index contributed by atoms with van der Waals surface area (Å²) in [5, 5.41) is 0. The molecule has 1 aromatic carbocycles. The van der Waals surface area contributed by atoms with Crippen molar-refractivity contribution in [2.24, 2.45) is 5.73 Å².